The molecule has 2 unspecified atom stereocenters. The Kier molecular flexibility index (Phi) is 5.44. The Balaban J connectivity index is 2.09. The minimum absolute atomic E-state index is 0.00371. The van der Waals surface area contributed by atoms with Gasteiger partial charge in [0.05, 0.1) is 12.2 Å². The lowest BCUT2D eigenvalue weighted by molar-refractivity contribution is -0.00151. The highest BCUT2D eigenvalue weighted by atomic mass is 32.2. The average molecular weight is 231 g/mol. The van der Waals surface area contributed by atoms with Crippen molar-refractivity contribution in [2.24, 2.45) is 0 Å². The molecule has 90 valence electrons. The van der Waals surface area contributed by atoms with Crippen molar-refractivity contribution in [1.82, 2.24) is 5.32 Å². The zero-order chi connectivity index (χ0) is 11.3. The summed E-state index contributed by atoms with van der Waals surface area (Å²) in [5.74, 6) is 0. The summed E-state index contributed by atoms with van der Waals surface area (Å²) in [5, 5.41) is 4.43. The molecule has 1 N–H and O–H groups in total. The van der Waals surface area contributed by atoms with E-state index >= 15 is 0 Å². The third-order valence-corrected chi connectivity index (χ3v) is 3.97. The molecular formula is C12H25NOS. The van der Waals surface area contributed by atoms with Crippen LogP contribution in [-0.2, 0) is 4.74 Å². The first-order chi connectivity index (χ1) is 7.03. The summed E-state index contributed by atoms with van der Waals surface area (Å²) in [4.78, 5) is 0. The van der Waals surface area contributed by atoms with E-state index in [1.807, 2.05) is 11.8 Å². The molecule has 0 radical (unpaired) electrons. The van der Waals surface area contributed by atoms with E-state index in [-0.39, 0.29) is 5.60 Å². The van der Waals surface area contributed by atoms with E-state index in [2.05, 4.69) is 32.3 Å². The summed E-state index contributed by atoms with van der Waals surface area (Å²) in [6.45, 7) is 8.12. The van der Waals surface area contributed by atoms with Gasteiger partial charge in [-0.25, -0.2) is 0 Å². The predicted molar refractivity (Wildman–Crippen MR) is 68.6 cm³/mol. The maximum absolute atomic E-state index is 5.69. The van der Waals surface area contributed by atoms with Crippen LogP contribution in [0.3, 0.4) is 0 Å². The van der Waals surface area contributed by atoms with Crippen LogP contribution in [0, 0.1) is 0 Å². The van der Waals surface area contributed by atoms with E-state index in [1.54, 1.807) is 0 Å². The molecule has 0 aliphatic heterocycles. The Labute approximate surface area is 98.5 Å². The molecule has 0 amide bonds. The molecule has 0 bridgehead atoms. The molecule has 2 nitrogen and oxygen atoms in total. The van der Waals surface area contributed by atoms with E-state index in [1.165, 1.54) is 19.3 Å². The van der Waals surface area contributed by atoms with Gasteiger partial charge in [0.25, 0.3) is 0 Å². The highest BCUT2D eigenvalue weighted by Gasteiger charge is 2.25. The van der Waals surface area contributed by atoms with Gasteiger partial charge in [0.1, 0.15) is 0 Å². The van der Waals surface area contributed by atoms with Crippen LogP contribution in [0.2, 0.25) is 0 Å². The summed E-state index contributed by atoms with van der Waals surface area (Å²) < 4.78 is 5.69. The van der Waals surface area contributed by atoms with Crippen molar-refractivity contribution >= 4 is 11.8 Å². The molecule has 1 fully saturated rings. The second-order valence-corrected chi connectivity index (χ2v) is 6.30. The van der Waals surface area contributed by atoms with Crippen molar-refractivity contribution in [3.63, 3.8) is 0 Å². The molecule has 0 spiro atoms. The Bertz CT molecular complexity index is 179. The van der Waals surface area contributed by atoms with Crippen LogP contribution >= 0.6 is 11.8 Å². The zero-order valence-corrected chi connectivity index (χ0v) is 11.3. The number of hydrogen-bond acceptors (Lipinski definition) is 3. The third kappa shape index (κ3) is 5.23. The van der Waals surface area contributed by atoms with Gasteiger partial charge < -0.3 is 10.1 Å². The van der Waals surface area contributed by atoms with Crippen molar-refractivity contribution in [2.75, 3.05) is 19.4 Å². The lowest BCUT2D eigenvalue weighted by Gasteiger charge is -2.22. The van der Waals surface area contributed by atoms with E-state index in [0.717, 1.165) is 18.4 Å². The minimum atomic E-state index is -0.00371. The molecule has 3 heteroatoms. The van der Waals surface area contributed by atoms with E-state index in [0.29, 0.717) is 6.04 Å². The molecule has 0 aromatic rings. The molecule has 1 aliphatic carbocycles. The van der Waals surface area contributed by atoms with Crippen LogP contribution < -0.4 is 5.32 Å². The Morgan fingerprint density at radius 2 is 2.07 bits per heavy atom. The third-order valence-electron chi connectivity index (χ3n) is 2.80. The van der Waals surface area contributed by atoms with E-state index < -0.39 is 0 Å². The second kappa shape index (κ2) is 6.12. The van der Waals surface area contributed by atoms with Crippen molar-refractivity contribution in [2.45, 2.75) is 56.9 Å². The van der Waals surface area contributed by atoms with Crippen molar-refractivity contribution in [3.8, 4) is 0 Å². The fraction of sp³-hybridized carbons (Fsp3) is 1.00. The first-order valence-corrected chi connectivity index (χ1v) is 7.22. The molecule has 0 aromatic carbocycles. The number of ether oxygens (including phenoxy) is 1. The van der Waals surface area contributed by atoms with Crippen molar-refractivity contribution < 1.29 is 4.74 Å². The maximum atomic E-state index is 5.69. The summed E-state index contributed by atoms with van der Waals surface area (Å²) >= 11 is 2.00. The topological polar surface area (TPSA) is 21.3 Å². The van der Waals surface area contributed by atoms with Crippen LogP contribution in [0.4, 0.5) is 0 Å². The Hall–Kier alpha value is 0.270. The van der Waals surface area contributed by atoms with Gasteiger partial charge in [-0.3, -0.25) is 0 Å². The standard InChI is InChI=1S/C12H25NOS/c1-12(2,3)14-9-8-13-10-6-5-7-11(10)15-4/h10-11,13H,5-9H2,1-4H3. The largest absolute Gasteiger partial charge is 0.375 e. The zero-order valence-electron chi connectivity index (χ0n) is 10.5. The van der Waals surface area contributed by atoms with Crippen molar-refractivity contribution in [3.05, 3.63) is 0 Å². The van der Waals surface area contributed by atoms with Gasteiger partial charge in [0.15, 0.2) is 0 Å². The number of nitrogens with one attached hydrogen (secondary N) is 1. The molecule has 2 atom stereocenters. The SMILES string of the molecule is CSC1CCCC1NCCOC(C)(C)C. The van der Waals surface area contributed by atoms with Gasteiger partial charge in [0, 0.05) is 17.8 Å². The molecule has 0 aromatic heterocycles. The monoisotopic (exact) mass is 231 g/mol. The van der Waals surface area contributed by atoms with Crippen LogP contribution in [0.25, 0.3) is 0 Å². The first kappa shape index (κ1) is 13.3. The van der Waals surface area contributed by atoms with Crippen LogP contribution in [0.15, 0.2) is 0 Å². The van der Waals surface area contributed by atoms with Gasteiger partial charge in [-0.2, -0.15) is 11.8 Å². The summed E-state index contributed by atoms with van der Waals surface area (Å²) in [5.41, 5.74) is -0.00371. The smallest absolute Gasteiger partial charge is 0.0599 e. The van der Waals surface area contributed by atoms with Crippen molar-refractivity contribution in [1.29, 1.82) is 0 Å². The number of rotatable bonds is 5. The van der Waals surface area contributed by atoms with Crippen LogP contribution in [0.5, 0.6) is 0 Å². The molecule has 1 saturated carbocycles. The Morgan fingerprint density at radius 1 is 1.33 bits per heavy atom. The van der Waals surface area contributed by atoms with E-state index in [4.69, 9.17) is 4.74 Å². The predicted octanol–water partition coefficient (Wildman–Crippen LogP) is 2.68. The quantitative estimate of drug-likeness (QED) is 0.735. The lowest BCUT2D eigenvalue weighted by Crippen LogP contribution is -2.37. The summed E-state index contributed by atoms with van der Waals surface area (Å²) in [7, 11) is 0. The molecule has 1 aliphatic rings. The summed E-state index contributed by atoms with van der Waals surface area (Å²) in [6, 6.07) is 0.712. The second-order valence-electron chi connectivity index (χ2n) is 5.23. The summed E-state index contributed by atoms with van der Waals surface area (Å²) in [6.07, 6.45) is 6.31. The van der Waals surface area contributed by atoms with Gasteiger partial charge >= 0.3 is 0 Å². The Morgan fingerprint density at radius 3 is 2.67 bits per heavy atom. The first-order valence-electron chi connectivity index (χ1n) is 5.93. The van der Waals surface area contributed by atoms with E-state index in [9.17, 15) is 0 Å². The fourth-order valence-corrected chi connectivity index (χ4v) is 3.01. The van der Waals surface area contributed by atoms with Gasteiger partial charge in [-0.1, -0.05) is 6.42 Å². The number of thioether (sulfide) groups is 1. The van der Waals surface area contributed by atoms with Gasteiger partial charge in [-0.05, 0) is 39.9 Å². The molecule has 0 heterocycles. The normalized spacial score (nSPS) is 27.2. The van der Waals surface area contributed by atoms with Gasteiger partial charge in [0.2, 0.25) is 0 Å². The average Bonchev–Trinajstić information content (AvgIpc) is 2.58. The molecule has 1 rings (SSSR count). The highest BCUT2D eigenvalue weighted by molar-refractivity contribution is 7.99. The maximum Gasteiger partial charge on any atom is 0.0599 e. The molecular weight excluding hydrogens is 206 g/mol. The molecule has 0 saturated heterocycles. The van der Waals surface area contributed by atoms with Crippen LogP contribution in [-0.4, -0.2) is 36.3 Å². The molecule has 15 heavy (non-hydrogen) atoms. The number of hydrogen-bond donors (Lipinski definition) is 1. The highest BCUT2D eigenvalue weighted by Crippen LogP contribution is 2.28. The lowest BCUT2D eigenvalue weighted by atomic mass is 10.2. The van der Waals surface area contributed by atoms with Crippen LogP contribution in [0.1, 0.15) is 40.0 Å². The fourth-order valence-electron chi connectivity index (χ4n) is 2.04. The van der Waals surface area contributed by atoms with Gasteiger partial charge in [-0.15, -0.1) is 0 Å². The minimum Gasteiger partial charge on any atom is -0.375 e.